The molecule has 0 unspecified atom stereocenters. The number of hydrogen-bond donors (Lipinski definition) is 1. The zero-order valence-electron chi connectivity index (χ0n) is 15.2. The van der Waals surface area contributed by atoms with Crippen LogP contribution in [0.2, 0.25) is 0 Å². The third-order valence-electron chi connectivity index (χ3n) is 3.96. The molecule has 0 aromatic carbocycles. The van der Waals surface area contributed by atoms with Crippen molar-refractivity contribution in [2.75, 3.05) is 12.4 Å². The average molecular weight is 372 g/mol. The van der Waals surface area contributed by atoms with Gasteiger partial charge in [-0.25, -0.2) is 19.3 Å². The molecule has 26 heavy (non-hydrogen) atoms. The molecule has 136 valence electrons. The minimum Gasteiger partial charge on any atom is -0.316 e. The SMILES string of the molecule is Cc1cc(Nc2ncc(C)s2)nc([C@H](C)N(C)Cc2ccc(F)cn2)n1. The molecule has 1 N–H and O–H groups in total. The Kier molecular flexibility index (Phi) is 5.53. The second kappa shape index (κ2) is 7.84. The molecule has 0 amide bonds. The first-order valence-corrected chi connectivity index (χ1v) is 9.08. The number of nitrogens with one attached hydrogen (secondary N) is 1. The molecule has 3 aromatic rings. The van der Waals surface area contributed by atoms with E-state index in [9.17, 15) is 4.39 Å². The minimum atomic E-state index is -0.334. The number of aryl methyl sites for hydroxylation is 2. The van der Waals surface area contributed by atoms with E-state index in [2.05, 4.69) is 30.2 Å². The highest BCUT2D eigenvalue weighted by atomic mass is 32.1. The van der Waals surface area contributed by atoms with Crippen LogP contribution in [-0.4, -0.2) is 31.9 Å². The van der Waals surface area contributed by atoms with Crippen molar-refractivity contribution in [2.45, 2.75) is 33.4 Å². The molecule has 0 aliphatic heterocycles. The first-order chi connectivity index (χ1) is 12.4. The lowest BCUT2D eigenvalue weighted by molar-refractivity contribution is 0.240. The van der Waals surface area contributed by atoms with Crippen LogP contribution in [0.5, 0.6) is 0 Å². The Morgan fingerprint density at radius 3 is 2.65 bits per heavy atom. The van der Waals surface area contributed by atoms with Gasteiger partial charge in [0.2, 0.25) is 0 Å². The van der Waals surface area contributed by atoms with Gasteiger partial charge in [-0.1, -0.05) is 0 Å². The van der Waals surface area contributed by atoms with Gasteiger partial charge in [-0.15, -0.1) is 11.3 Å². The molecule has 0 spiro atoms. The topological polar surface area (TPSA) is 66.8 Å². The maximum atomic E-state index is 13.0. The zero-order valence-corrected chi connectivity index (χ0v) is 16.0. The van der Waals surface area contributed by atoms with E-state index < -0.39 is 0 Å². The maximum Gasteiger partial charge on any atom is 0.188 e. The third-order valence-corrected chi connectivity index (χ3v) is 4.79. The molecular formula is C18H21FN6S. The highest BCUT2D eigenvalue weighted by Gasteiger charge is 2.17. The summed E-state index contributed by atoms with van der Waals surface area (Å²) < 4.78 is 13.0. The Morgan fingerprint density at radius 1 is 1.19 bits per heavy atom. The van der Waals surface area contributed by atoms with E-state index in [0.717, 1.165) is 27.2 Å². The van der Waals surface area contributed by atoms with Crippen LogP contribution >= 0.6 is 11.3 Å². The van der Waals surface area contributed by atoms with Crippen molar-refractivity contribution < 1.29 is 4.39 Å². The minimum absolute atomic E-state index is 0.0275. The number of nitrogens with zero attached hydrogens (tertiary/aromatic N) is 5. The summed E-state index contributed by atoms with van der Waals surface area (Å²) in [5.41, 5.74) is 1.68. The monoisotopic (exact) mass is 372 g/mol. The van der Waals surface area contributed by atoms with Gasteiger partial charge < -0.3 is 5.32 Å². The molecule has 3 rings (SSSR count). The van der Waals surface area contributed by atoms with Gasteiger partial charge in [-0.05, 0) is 40.0 Å². The summed E-state index contributed by atoms with van der Waals surface area (Å²) >= 11 is 1.58. The second-order valence-electron chi connectivity index (χ2n) is 6.21. The predicted molar refractivity (Wildman–Crippen MR) is 101 cm³/mol. The van der Waals surface area contributed by atoms with Crippen molar-refractivity contribution in [2.24, 2.45) is 0 Å². The lowest BCUT2D eigenvalue weighted by Gasteiger charge is -2.23. The first kappa shape index (κ1) is 18.3. The van der Waals surface area contributed by atoms with Crippen molar-refractivity contribution >= 4 is 22.3 Å². The van der Waals surface area contributed by atoms with E-state index in [4.69, 9.17) is 0 Å². The van der Waals surface area contributed by atoms with Crippen molar-refractivity contribution in [3.63, 3.8) is 0 Å². The van der Waals surface area contributed by atoms with Gasteiger partial charge in [0.05, 0.1) is 17.9 Å². The molecule has 0 fully saturated rings. The van der Waals surface area contributed by atoms with E-state index in [-0.39, 0.29) is 11.9 Å². The summed E-state index contributed by atoms with van der Waals surface area (Å²) in [6, 6.07) is 4.98. The van der Waals surface area contributed by atoms with E-state index in [1.165, 1.54) is 12.3 Å². The third kappa shape index (κ3) is 4.59. The van der Waals surface area contributed by atoms with Crippen LogP contribution in [0.25, 0.3) is 0 Å². The maximum absolute atomic E-state index is 13.0. The lowest BCUT2D eigenvalue weighted by atomic mass is 10.2. The molecule has 0 saturated carbocycles. The van der Waals surface area contributed by atoms with E-state index in [1.807, 2.05) is 40.1 Å². The van der Waals surface area contributed by atoms with Crippen molar-refractivity contribution in [3.8, 4) is 0 Å². The normalized spacial score (nSPS) is 12.4. The van der Waals surface area contributed by atoms with Gasteiger partial charge >= 0.3 is 0 Å². The molecule has 0 aliphatic rings. The van der Waals surface area contributed by atoms with E-state index in [1.54, 1.807) is 17.4 Å². The zero-order chi connectivity index (χ0) is 18.7. The summed E-state index contributed by atoms with van der Waals surface area (Å²) in [6.45, 7) is 6.57. The number of pyridine rings is 1. The van der Waals surface area contributed by atoms with Gasteiger partial charge in [0.25, 0.3) is 0 Å². The van der Waals surface area contributed by atoms with Crippen LogP contribution in [0, 0.1) is 19.7 Å². The molecule has 0 aliphatic carbocycles. The van der Waals surface area contributed by atoms with Crippen LogP contribution in [0.4, 0.5) is 15.3 Å². The second-order valence-corrected chi connectivity index (χ2v) is 7.45. The predicted octanol–water partition coefficient (Wildman–Crippen LogP) is 4.02. The molecule has 1 atom stereocenters. The van der Waals surface area contributed by atoms with Gasteiger partial charge in [-0.2, -0.15) is 0 Å². The largest absolute Gasteiger partial charge is 0.316 e. The number of anilines is 2. The van der Waals surface area contributed by atoms with Crippen molar-refractivity contribution in [1.82, 2.24) is 24.8 Å². The van der Waals surface area contributed by atoms with Gasteiger partial charge in [0.1, 0.15) is 17.5 Å². The summed E-state index contributed by atoms with van der Waals surface area (Å²) in [6.07, 6.45) is 3.06. The Labute approximate surface area is 156 Å². The molecule has 6 nitrogen and oxygen atoms in total. The van der Waals surface area contributed by atoms with Crippen LogP contribution in [0.15, 0.2) is 30.6 Å². The summed E-state index contributed by atoms with van der Waals surface area (Å²) in [7, 11) is 1.97. The summed E-state index contributed by atoms with van der Waals surface area (Å²) in [4.78, 5) is 20.8. The fourth-order valence-corrected chi connectivity index (χ4v) is 3.13. The van der Waals surface area contributed by atoms with E-state index >= 15 is 0 Å². The van der Waals surface area contributed by atoms with Gasteiger partial charge in [0.15, 0.2) is 5.13 Å². The highest BCUT2D eigenvalue weighted by molar-refractivity contribution is 7.15. The van der Waals surface area contributed by atoms with E-state index in [0.29, 0.717) is 12.4 Å². The summed E-state index contributed by atoms with van der Waals surface area (Å²) in [5, 5.41) is 4.05. The van der Waals surface area contributed by atoms with Gasteiger partial charge in [0, 0.05) is 29.4 Å². The van der Waals surface area contributed by atoms with Crippen molar-refractivity contribution in [1.29, 1.82) is 0 Å². The Balaban J connectivity index is 1.75. The van der Waals surface area contributed by atoms with Crippen LogP contribution < -0.4 is 5.32 Å². The number of hydrogen-bond acceptors (Lipinski definition) is 7. The smallest absolute Gasteiger partial charge is 0.188 e. The molecule has 0 radical (unpaired) electrons. The lowest BCUT2D eigenvalue weighted by Crippen LogP contribution is -2.24. The Bertz CT molecular complexity index is 880. The Morgan fingerprint density at radius 2 is 2.00 bits per heavy atom. The quantitative estimate of drug-likeness (QED) is 0.705. The van der Waals surface area contributed by atoms with Crippen LogP contribution in [0.1, 0.15) is 35.1 Å². The first-order valence-electron chi connectivity index (χ1n) is 8.26. The number of aromatic nitrogens is 4. The highest BCUT2D eigenvalue weighted by Crippen LogP contribution is 2.23. The number of thiazole rings is 1. The Hall–Kier alpha value is -2.45. The molecule has 0 bridgehead atoms. The fourth-order valence-electron chi connectivity index (χ4n) is 2.45. The molecule has 3 aromatic heterocycles. The number of halogens is 1. The van der Waals surface area contributed by atoms with Crippen molar-refractivity contribution in [3.05, 3.63) is 58.5 Å². The summed E-state index contributed by atoms with van der Waals surface area (Å²) in [5.74, 6) is 1.10. The average Bonchev–Trinajstić information content (AvgIpc) is 3.00. The van der Waals surface area contributed by atoms with Crippen LogP contribution in [-0.2, 0) is 6.54 Å². The standard InChI is InChI=1S/C18H21FN6S/c1-11-7-16(24-18-21-8-12(2)26-18)23-17(22-11)13(3)25(4)10-15-6-5-14(19)9-20-15/h5-9,13H,10H2,1-4H3,(H,21,22,23,24)/t13-/m0/s1. The fraction of sp³-hybridized carbons (Fsp3) is 0.333. The molecule has 3 heterocycles. The number of rotatable bonds is 6. The molecule has 0 saturated heterocycles. The van der Waals surface area contributed by atoms with Crippen LogP contribution in [0.3, 0.4) is 0 Å². The molecule has 8 heteroatoms. The van der Waals surface area contributed by atoms with Gasteiger partial charge in [-0.3, -0.25) is 9.88 Å². The molecular weight excluding hydrogens is 351 g/mol.